The fourth-order valence-corrected chi connectivity index (χ4v) is 2.71. The van der Waals surface area contributed by atoms with Crippen molar-refractivity contribution in [2.24, 2.45) is 5.73 Å². The first-order chi connectivity index (χ1) is 7.34. The number of hydrogen-bond donors (Lipinski definition) is 2. The fourth-order valence-electron chi connectivity index (χ4n) is 0.925. The predicted octanol–water partition coefficient (Wildman–Crippen LogP) is 1.62. The Morgan fingerprint density at radius 3 is 2.81 bits per heavy atom. The van der Waals surface area contributed by atoms with Crippen LogP contribution in [0.3, 0.4) is 0 Å². The maximum Gasteiger partial charge on any atom is 0.321 e. The van der Waals surface area contributed by atoms with Gasteiger partial charge in [-0.25, -0.2) is 0 Å². The highest BCUT2D eigenvalue weighted by Gasteiger charge is 2.32. The number of rotatable bonds is 5. The molecule has 1 atom stereocenters. The number of carboxylic acid groups (broad SMARTS) is 1. The highest BCUT2D eigenvalue weighted by Crippen LogP contribution is 2.32. The van der Waals surface area contributed by atoms with Crippen LogP contribution in [0.5, 0.6) is 0 Å². The predicted molar refractivity (Wildman–Crippen MR) is 65.9 cm³/mol. The fraction of sp³-hybridized carbons (Fsp3) is 0.625. The lowest BCUT2D eigenvalue weighted by Crippen LogP contribution is -2.46. The van der Waals surface area contributed by atoms with E-state index in [1.807, 2.05) is 0 Å². The Bertz CT molecular complexity index is 383. The summed E-state index contributed by atoms with van der Waals surface area (Å²) < 4.78 is 3.65. The molecule has 0 saturated carbocycles. The zero-order valence-electron chi connectivity index (χ0n) is 8.81. The minimum Gasteiger partial charge on any atom is -0.480 e. The molecule has 16 heavy (non-hydrogen) atoms. The zero-order chi connectivity index (χ0) is 12.3. The third kappa shape index (κ3) is 3.31. The summed E-state index contributed by atoms with van der Waals surface area (Å²) in [5, 5.41) is 12.7. The van der Waals surface area contributed by atoms with Crippen LogP contribution < -0.4 is 5.73 Å². The lowest BCUT2D eigenvalue weighted by atomic mass is 10.1. The van der Waals surface area contributed by atoms with E-state index < -0.39 is 16.8 Å². The van der Waals surface area contributed by atoms with Crippen molar-refractivity contribution in [3.05, 3.63) is 10.0 Å². The van der Waals surface area contributed by atoms with E-state index in [1.165, 1.54) is 11.8 Å². The van der Waals surface area contributed by atoms with Crippen molar-refractivity contribution in [1.29, 1.82) is 0 Å². The first kappa shape index (κ1) is 13.7. The van der Waals surface area contributed by atoms with Gasteiger partial charge >= 0.3 is 5.97 Å². The van der Waals surface area contributed by atoms with Gasteiger partial charge in [0.2, 0.25) is 0 Å². The molecule has 0 spiro atoms. The molecule has 0 unspecified atom stereocenters. The minimum atomic E-state index is -1.01. The lowest BCUT2D eigenvalue weighted by molar-refractivity contribution is -0.139. The second-order valence-electron chi connectivity index (χ2n) is 3.70. The van der Waals surface area contributed by atoms with E-state index in [0.717, 1.165) is 11.5 Å². The number of carboxylic acids is 1. The van der Waals surface area contributed by atoms with E-state index >= 15 is 0 Å². The maximum atomic E-state index is 10.8. The van der Waals surface area contributed by atoms with Crippen LogP contribution in [0.2, 0.25) is 4.34 Å². The van der Waals surface area contributed by atoms with Gasteiger partial charge in [-0.15, -0.1) is 16.9 Å². The number of thioether (sulfide) groups is 1. The molecule has 0 aromatic carbocycles. The van der Waals surface area contributed by atoms with Crippen molar-refractivity contribution < 1.29 is 9.90 Å². The number of hydrogen-bond acceptors (Lipinski definition) is 6. The van der Waals surface area contributed by atoms with Gasteiger partial charge in [-0.3, -0.25) is 4.79 Å². The molecule has 0 amide bonds. The molecule has 5 nitrogen and oxygen atoms in total. The van der Waals surface area contributed by atoms with Gasteiger partial charge in [0.1, 0.15) is 16.1 Å². The van der Waals surface area contributed by atoms with Crippen molar-refractivity contribution in [3.8, 4) is 0 Å². The summed E-state index contributed by atoms with van der Waals surface area (Å²) in [6.07, 6.45) is 0. The van der Waals surface area contributed by atoms with E-state index in [9.17, 15) is 4.79 Å². The monoisotopic (exact) mass is 281 g/mol. The number of aromatic nitrogens is 2. The molecule has 0 radical (unpaired) electrons. The van der Waals surface area contributed by atoms with E-state index in [4.69, 9.17) is 22.4 Å². The Labute approximate surface area is 107 Å². The van der Waals surface area contributed by atoms with Crippen LogP contribution in [0.25, 0.3) is 0 Å². The Morgan fingerprint density at radius 1 is 1.75 bits per heavy atom. The molecule has 8 heteroatoms. The highest BCUT2D eigenvalue weighted by atomic mass is 35.5. The first-order valence-corrected chi connectivity index (χ1v) is 6.57. The molecule has 0 aliphatic rings. The van der Waals surface area contributed by atoms with Gasteiger partial charge in [-0.05, 0) is 13.8 Å². The number of carbonyl (C=O) groups is 1. The molecule has 0 aliphatic heterocycles. The molecule has 90 valence electrons. The van der Waals surface area contributed by atoms with Crippen molar-refractivity contribution in [2.75, 3.05) is 0 Å². The van der Waals surface area contributed by atoms with E-state index in [-0.39, 0.29) is 0 Å². The van der Waals surface area contributed by atoms with Gasteiger partial charge in [-0.2, -0.15) is 0 Å². The van der Waals surface area contributed by atoms with Gasteiger partial charge in [0.25, 0.3) is 0 Å². The van der Waals surface area contributed by atoms with E-state index in [2.05, 4.69) is 9.59 Å². The summed E-state index contributed by atoms with van der Waals surface area (Å²) in [5.41, 5.74) is 6.25. The molecule has 0 saturated heterocycles. The molecule has 1 rings (SSSR count). The second kappa shape index (κ2) is 5.31. The van der Waals surface area contributed by atoms with Gasteiger partial charge in [0.05, 0.1) is 0 Å². The molecular formula is C8H12ClN3O2S2. The maximum absolute atomic E-state index is 10.8. The quantitative estimate of drug-likeness (QED) is 0.852. The van der Waals surface area contributed by atoms with Crippen molar-refractivity contribution >= 4 is 40.9 Å². The lowest BCUT2D eigenvalue weighted by Gasteiger charge is -2.27. The van der Waals surface area contributed by atoms with E-state index in [1.54, 1.807) is 13.8 Å². The molecule has 3 N–H and O–H groups in total. The Balaban J connectivity index is 2.61. The van der Waals surface area contributed by atoms with Gasteiger partial charge < -0.3 is 10.8 Å². The molecule has 0 aliphatic carbocycles. The highest BCUT2D eigenvalue weighted by molar-refractivity contribution is 7.99. The van der Waals surface area contributed by atoms with Gasteiger partial charge in [-0.1, -0.05) is 16.1 Å². The summed E-state index contributed by atoms with van der Waals surface area (Å²) in [6.45, 7) is 3.56. The summed E-state index contributed by atoms with van der Waals surface area (Å²) >= 11 is 8.36. The molecule has 1 heterocycles. The Morgan fingerprint density at radius 2 is 2.38 bits per heavy atom. The average molecular weight is 282 g/mol. The van der Waals surface area contributed by atoms with Crippen LogP contribution in [0.4, 0.5) is 0 Å². The topological polar surface area (TPSA) is 89.1 Å². The number of nitrogens with zero attached hydrogens (tertiary/aromatic N) is 2. The third-order valence-electron chi connectivity index (χ3n) is 2.11. The molecule has 0 fully saturated rings. The van der Waals surface area contributed by atoms with Gasteiger partial charge in [0, 0.05) is 22.0 Å². The number of halogens is 1. The SMILES string of the molecule is CC(C)(SCc1nnsc1Cl)[C@H](N)C(=O)O. The summed E-state index contributed by atoms with van der Waals surface area (Å²) in [6, 6.07) is -0.928. The largest absolute Gasteiger partial charge is 0.480 e. The second-order valence-corrected chi connectivity index (χ2v) is 6.69. The van der Waals surface area contributed by atoms with Crippen molar-refractivity contribution in [1.82, 2.24) is 9.59 Å². The summed E-state index contributed by atoms with van der Waals surface area (Å²) in [4.78, 5) is 10.8. The number of aliphatic carboxylic acids is 1. The molecular weight excluding hydrogens is 270 g/mol. The summed E-state index contributed by atoms with van der Waals surface area (Å²) in [5.74, 6) is -0.511. The molecule has 0 bridgehead atoms. The molecule has 1 aromatic heterocycles. The minimum absolute atomic E-state index is 0.503. The van der Waals surface area contributed by atoms with Crippen molar-refractivity contribution in [3.63, 3.8) is 0 Å². The van der Waals surface area contributed by atoms with Crippen LogP contribution in [0, 0.1) is 0 Å². The Hall–Kier alpha value is -0.370. The first-order valence-electron chi connectivity index (χ1n) is 4.43. The zero-order valence-corrected chi connectivity index (χ0v) is 11.2. The van der Waals surface area contributed by atoms with Crippen LogP contribution in [0.15, 0.2) is 0 Å². The van der Waals surface area contributed by atoms with E-state index in [0.29, 0.717) is 15.8 Å². The normalized spacial score (nSPS) is 13.8. The van der Waals surface area contributed by atoms with Crippen LogP contribution >= 0.6 is 34.9 Å². The van der Waals surface area contributed by atoms with Crippen LogP contribution in [0.1, 0.15) is 19.5 Å². The van der Waals surface area contributed by atoms with Crippen LogP contribution in [-0.2, 0) is 10.5 Å². The summed E-state index contributed by atoms with van der Waals surface area (Å²) in [7, 11) is 0. The number of nitrogens with two attached hydrogens (primary N) is 1. The average Bonchev–Trinajstić information content (AvgIpc) is 2.60. The van der Waals surface area contributed by atoms with Crippen LogP contribution in [-0.4, -0.2) is 31.5 Å². The van der Waals surface area contributed by atoms with Gasteiger partial charge in [0.15, 0.2) is 0 Å². The Kier molecular flexibility index (Phi) is 4.54. The third-order valence-corrected chi connectivity index (χ3v) is 4.51. The van der Waals surface area contributed by atoms with Crippen molar-refractivity contribution in [2.45, 2.75) is 30.4 Å². The standard InChI is InChI=1S/C8H12ClN3O2S2/c1-8(2,5(10)7(13)14)15-3-4-6(9)16-12-11-4/h5H,3,10H2,1-2H3,(H,13,14)/t5-/m1/s1. The smallest absolute Gasteiger partial charge is 0.321 e. The molecule has 1 aromatic rings.